The van der Waals surface area contributed by atoms with Crippen molar-refractivity contribution < 1.29 is 10.2 Å². The van der Waals surface area contributed by atoms with Crippen LogP contribution in [0.25, 0.3) is 0 Å². The van der Waals surface area contributed by atoms with Gasteiger partial charge in [-0.3, -0.25) is 0 Å². The van der Waals surface area contributed by atoms with Gasteiger partial charge in [0.2, 0.25) is 0 Å². The number of benzene rings is 1. The molecular formula is C16H26N2O2. The number of phenols is 1. The summed E-state index contributed by atoms with van der Waals surface area (Å²) in [6, 6.07) is 5.28. The van der Waals surface area contributed by atoms with Crippen LogP contribution in [-0.2, 0) is 6.42 Å². The fourth-order valence-corrected chi connectivity index (χ4v) is 2.89. The summed E-state index contributed by atoms with van der Waals surface area (Å²) in [5.74, 6) is 0.454. The lowest BCUT2D eigenvalue weighted by Crippen LogP contribution is -2.45. The number of aryl methyl sites for hydroxylation is 1. The van der Waals surface area contributed by atoms with Crippen LogP contribution in [0.2, 0.25) is 0 Å². The molecule has 0 spiro atoms. The van der Waals surface area contributed by atoms with Crippen molar-refractivity contribution in [3.8, 4) is 5.75 Å². The van der Waals surface area contributed by atoms with Crippen molar-refractivity contribution in [3.63, 3.8) is 0 Å². The van der Waals surface area contributed by atoms with Crippen molar-refractivity contribution >= 4 is 0 Å². The molecule has 4 heteroatoms. The minimum absolute atomic E-state index is 0.183. The van der Waals surface area contributed by atoms with Crippen LogP contribution < -0.4 is 5.32 Å². The molecule has 112 valence electrons. The second-order valence-electron chi connectivity index (χ2n) is 5.71. The van der Waals surface area contributed by atoms with Crippen molar-refractivity contribution in [2.24, 2.45) is 5.92 Å². The first-order chi connectivity index (χ1) is 9.61. The highest BCUT2D eigenvalue weighted by molar-refractivity contribution is 5.36. The van der Waals surface area contributed by atoms with E-state index >= 15 is 0 Å². The molecule has 1 fully saturated rings. The van der Waals surface area contributed by atoms with Crippen molar-refractivity contribution in [2.75, 3.05) is 32.7 Å². The number of aromatic hydroxyl groups is 1. The van der Waals surface area contributed by atoms with Gasteiger partial charge in [0.1, 0.15) is 5.75 Å². The Morgan fingerprint density at radius 1 is 1.30 bits per heavy atom. The van der Waals surface area contributed by atoms with Crippen LogP contribution in [0.4, 0.5) is 0 Å². The Kier molecular flexibility index (Phi) is 5.40. The van der Waals surface area contributed by atoms with E-state index in [4.69, 9.17) is 0 Å². The smallest absolute Gasteiger partial charge is 0.115 e. The lowest BCUT2D eigenvalue weighted by atomic mass is 9.92. The maximum absolute atomic E-state index is 10.6. The van der Waals surface area contributed by atoms with Crippen LogP contribution in [0.3, 0.4) is 0 Å². The Morgan fingerprint density at radius 3 is 2.65 bits per heavy atom. The normalized spacial score (nSPS) is 19.8. The maximum atomic E-state index is 10.6. The summed E-state index contributed by atoms with van der Waals surface area (Å²) < 4.78 is 0. The third-order valence-electron chi connectivity index (χ3n) is 4.12. The average molecular weight is 278 g/mol. The number of piperazine rings is 1. The Morgan fingerprint density at radius 2 is 2.00 bits per heavy atom. The van der Waals surface area contributed by atoms with Crippen molar-refractivity contribution in [2.45, 2.75) is 26.4 Å². The fraction of sp³-hybridized carbons (Fsp3) is 0.625. The van der Waals surface area contributed by atoms with E-state index in [9.17, 15) is 10.2 Å². The molecule has 0 bridgehead atoms. The van der Waals surface area contributed by atoms with Crippen molar-refractivity contribution in [3.05, 3.63) is 29.3 Å². The maximum Gasteiger partial charge on any atom is 0.115 e. The highest BCUT2D eigenvalue weighted by Crippen LogP contribution is 2.28. The summed E-state index contributed by atoms with van der Waals surface area (Å²) in [7, 11) is 0. The lowest BCUT2D eigenvalue weighted by Gasteiger charge is -2.31. The molecule has 0 amide bonds. The highest BCUT2D eigenvalue weighted by Gasteiger charge is 2.22. The number of hydrogen-bond donors (Lipinski definition) is 3. The second kappa shape index (κ2) is 7.07. The minimum Gasteiger partial charge on any atom is -0.508 e. The first-order valence-electron chi connectivity index (χ1n) is 7.54. The van der Waals surface area contributed by atoms with Gasteiger partial charge in [-0.1, -0.05) is 19.9 Å². The Bertz CT molecular complexity index is 430. The molecule has 2 atom stereocenters. The number of aliphatic hydroxyl groups is 1. The molecule has 20 heavy (non-hydrogen) atoms. The standard InChI is InChI=1S/C16H26N2O2/c1-3-13-10-14(19)4-5-15(13)16(20)12(2)11-18-8-6-17-7-9-18/h4-5,10,12,16-17,19-20H,3,6-9,11H2,1-2H3. The minimum atomic E-state index is -0.472. The van der Waals surface area contributed by atoms with Gasteiger partial charge in [0.25, 0.3) is 0 Å². The fourth-order valence-electron chi connectivity index (χ4n) is 2.89. The van der Waals surface area contributed by atoms with Crippen LogP contribution in [0.15, 0.2) is 18.2 Å². The molecule has 4 nitrogen and oxygen atoms in total. The number of aliphatic hydroxyl groups excluding tert-OH is 1. The van der Waals surface area contributed by atoms with Gasteiger partial charge in [-0.25, -0.2) is 0 Å². The van der Waals surface area contributed by atoms with Crippen LogP contribution in [0.1, 0.15) is 31.1 Å². The zero-order chi connectivity index (χ0) is 14.5. The number of nitrogens with one attached hydrogen (secondary N) is 1. The van der Waals surface area contributed by atoms with E-state index < -0.39 is 6.10 Å². The van der Waals surface area contributed by atoms with E-state index in [1.165, 1.54) is 0 Å². The van der Waals surface area contributed by atoms with Gasteiger partial charge in [0.05, 0.1) is 6.10 Å². The molecule has 1 aliphatic rings. The molecule has 0 aliphatic carbocycles. The molecule has 1 aliphatic heterocycles. The number of hydrogen-bond acceptors (Lipinski definition) is 4. The summed E-state index contributed by atoms with van der Waals surface area (Å²) in [6.45, 7) is 9.21. The van der Waals surface area contributed by atoms with E-state index in [1.807, 2.05) is 13.0 Å². The van der Waals surface area contributed by atoms with Crippen LogP contribution >= 0.6 is 0 Å². The number of nitrogens with zero attached hydrogens (tertiary/aromatic N) is 1. The topological polar surface area (TPSA) is 55.7 Å². The van der Waals surface area contributed by atoms with Gasteiger partial charge < -0.3 is 20.4 Å². The summed E-state index contributed by atoms with van der Waals surface area (Å²) in [6.07, 6.45) is 0.349. The van der Waals surface area contributed by atoms with E-state index in [-0.39, 0.29) is 11.7 Å². The molecule has 0 radical (unpaired) electrons. The monoisotopic (exact) mass is 278 g/mol. The van der Waals surface area contributed by atoms with Gasteiger partial charge in [0, 0.05) is 32.7 Å². The van der Waals surface area contributed by atoms with Crippen LogP contribution in [0, 0.1) is 5.92 Å². The van der Waals surface area contributed by atoms with Crippen molar-refractivity contribution in [1.82, 2.24) is 10.2 Å². The molecule has 3 N–H and O–H groups in total. The van der Waals surface area contributed by atoms with Gasteiger partial charge in [-0.2, -0.15) is 0 Å². The predicted octanol–water partition coefficient (Wildman–Crippen LogP) is 1.53. The molecule has 0 saturated carbocycles. The number of rotatable bonds is 5. The van der Waals surface area contributed by atoms with E-state index in [1.54, 1.807) is 12.1 Å². The lowest BCUT2D eigenvalue weighted by molar-refractivity contribution is 0.0835. The SMILES string of the molecule is CCc1cc(O)ccc1C(O)C(C)CN1CCNCC1. The molecule has 0 aromatic heterocycles. The summed E-state index contributed by atoms with van der Waals surface area (Å²) in [4.78, 5) is 2.40. The van der Waals surface area contributed by atoms with Gasteiger partial charge in [-0.15, -0.1) is 0 Å². The number of phenolic OH excluding ortho intramolecular Hbond substituents is 1. The van der Waals surface area contributed by atoms with Crippen LogP contribution in [0.5, 0.6) is 5.75 Å². The molecular weight excluding hydrogens is 252 g/mol. The molecule has 2 rings (SSSR count). The summed E-state index contributed by atoms with van der Waals surface area (Å²) >= 11 is 0. The molecule has 1 aromatic rings. The first kappa shape index (κ1) is 15.3. The molecule has 1 heterocycles. The third kappa shape index (κ3) is 3.72. The second-order valence-corrected chi connectivity index (χ2v) is 5.71. The van der Waals surface area contributed by atoms with E-state index in [0.29, 0.717) is 0 Å². The Labute approximate surface area is 121 Å². The van der Waals surface area contributed by atoms with Gasteiger partial charge in [-0.05, 0) is 35.6 Å². The van der Waals surface area contributed by atoms with E-state index in [2.05, 4.69) is 17.1 Å². The van der Waals surface area contributed by atoms with Crippen molar-refractivity contribution in [1.29, 1.82) is 0 Å². The first-order valence-corrected chi connectivity index (χ1v) is 7.54. The van der Waals surface area contributed by atoms with E-state index in [0.717, 1.165) is 50.3 Å². The highest BCUT2D eigenvalue weighted by atomic mass is 16.3. The summed E-state index contributed by atoms with van der Waals surface area (Å²) in [5, 5.41) is 23.5. The Hall–Kier alpha value is -1.10. The van der Waals surface area contributed by atoms with Crippen LogP contribution in [-0.4, -0.2) is 47.8 Å². The molecule has 1 aromatic carbocycles. The quantitative estimate of drug-likeness (QED) is 0.764. The third-order valence-corrected chi connectivity index (χ3v) is 4.12. The van der Waals surface area contributed by atoms with Gasteiger partial charge >= 0.3 is 0 Å². The molecule has 1 saturated heterocycles. The Balaban J connectivity index is 2.03. The summed E-state index contributed by atoms with van der Waals surface area (Å²) in [5.41, 5.74) is 1.98. The van der Waals surface area contributed by atoms with Gasteiger partial charge in [0.15, 0.2) is 0 Å². The molecule has 2 unspecified atom stereocenters. The zero-order valence-electron chi connectivity index (χ0n) is 12.5. The zero-order valence-corrected chi connectivity index (χ0v) is 12.5. The predicted molar refractivity (Wildman–Crippen MR) is 80.9 cm³/mol. The largest absolute Gasteiger partial charge is 0.508 e. The average Bonchev–Trinajstić information content (AvgIpc) is 2.47.